The topological polar surface area (TPSA) is 98.0 Å². The standard InChI is InChI=1S/C24H30N4O4/c1-16-4-3-5-18(21(16)31-2)23(29)27-10-8-17(9-11-27)20-7-6-19(22(25)26-20)24(30)28-12-14-32-15-13-28/h3-7,17H,8-15H2,1-2H3,(H2,25,26). The predicted molar refractivity (Wildman–Crippen MR) is 121 cm³/mol. The summed E-state index contributed by atoms with van der Waals surface area (Å²) in [5.41, 5.74) is 9.02. The summed E-state index contributed by atoms with van der Waals surface area (Å²) in [5, 5.41) is 0. The molecule has 0 unspecified atom stereocenters. The van der Waals surface area contributed by atoms with Crippen molar-refractivity contribution in [2.24, 2.45) is 0 Å². The summed E-state index contributed by atoms with van der Waals surface area (Å²) in [6.45, 7) is 5.43. The smallest absolute Gasteiger partial charge is 0.257 e. The number of ether oxygens (including phenoxy) is 2. The van der Waals surface area contributed by atoms with E-state index in [1.165, 1.54) is 0 Å². The van der Waals surface area contributed by atoms with Gasteiger partial charge >= 0.3 is 0 Å². The first-order chi connectivity index (χ1) is 15.5. The van der Waals surface area contributed by atoms with Crippen LogP contribution in [0.2, 0.25) is 0 Å². The van der Waals surface area contributed by atoms with Crippen molar-refractivity contribution in [3.05, 3.63) is 52.7 Å². The lowest BCUT2D eigenvalue weighted by Crippen LogP contribution is -2.41. The van der Waals surface area contributed by atoms with Crippen molar-refractivity contribution >= 4 is 17.6 Å². The Kier molecular flexibility index (Phi) is 6.60. The summed E-state index contributed by atoms with van der Waals surface area (Å²) in [4.78, 5) is 34.0. The number of methoxy groups -OCH3 is 1. The van der Waals surface area contributed by atoms with Gasteiger partial charge in [-0.1, -0.05) is 12.1 Å². The number of aromatic nitrogens is 1. The number of carbonyl (C=O) groups excluding carboxylic acids is 2. The van der Waals surface area contributed by atoms with Gasteiger partial charge in [0.05, 0.1) is 31.5 Å². The van der Waals surface area contributed by atoms with E-state index in [9.17, 15) is 9.59 Å². The van der Waals surface area contributed by atoms with Gasteiger partial charge in [-0.05, 0) is 43.5 Å². The van der Waals surface area contributed by atoms with Crippen molar-refractivity contribution in [3.8, 4) is 5.75 Å². The molecule has 4 rings (SSSR count). The number of nitrogens with zero attached hydrogens (tertiary/aromatic N) is 3. The molecule has 0 aliphatic carbocycles. The quantitative estimate of drug-likeness (QED) is 0.788. The maximum atomic E-state index is 13.1. The van der Waals surface area contributed by atoms with Gasteiger partial charge in [0.2, 0.25) is 0 Å². The van der Waals surface area contributed by atoms with Crippen molar-refractivity contribution < 1.29 is 19.1 Å². The van der Waals surface area contributed by atoms with E-state index in [0.717, 1.165) is 24.1 Å². The average Bonchev–Trinajstić information content (AvgIpc) is 2.83. The van der Waals surface area contributed by atoms with Crippen LogP contribution in [0.15, 0.2) is 30.3 Å². The zero-order valence-corrected chi connectivity index (χ0v) is 18.7. The summed E-state index contributed by atoms with van der Waals surface area (Å²) in [5.74, 6) is 0.991. The number of morpholine rings is 1. The third kappa shape index (κ3) is 4.41. The number of amides is 2. The van der Waals surface area contributed by atoms with Crippen LogP contribution < -0.4 is 10.5 Å². The predicted octanol–water partition coefficient (Wildman–Crippen LogP) is 2.47. The van der Waals surface area contributed by atoms with Crippen LogP contribution in [0.1, 0.15) is 50.7 Å². The molecule has 2 aliphatic heterocycles. The van der Waals surface area contributed by atoms with Gasteiger partial charge in [0.1, 0.15) is 11.6 Å². The molecule has 1 aromatic heterocycles. The number of benzene rings is 1. The number of carbonyl (C=O) groups is 2. The fraction of sp³-hybridized carbons (Fsp3) is 0.458. The Hall–Kier alpha value is -3.13. The first-order valence-electron chi connectivity index (χ1n) is 11.1. The number of hydrogen-bond acceptors (Lipinski definition) is 6. The number of aryl methyl sites for hydroxylation is 1. The molecule has 2 N–H and O–H groups in total. The second kappa shape index (κ2) is 9.56. The van der Waals surface area contributed by atoms with Gasteiger partial charge in [0.25, 0.3) is 11.8 Å². The Morgan fingerprint density at radius 3 is 2.31 bits per heavy atom. The molecule has 0 bridgehead atoms. The van der Waals surface area contributed by atoms with Gasteiger partial charge in [0, 0.05) is 37.8 Å². The Morgan fingerprint density at radius 1 is 1.00 bits per heavy atom. The summed E-state index contributed by atoms with van der Waals surface area (Å²) in [6.07, 6.45) is 1.59. The zero-order chi connectivity index (χ0) is 22.7. The van der Waals surface area contributed by atoms with E-state index in [2.05, 4.69) is 4.98 Å². The van der Waals surface area contributed by atoms with Crippen LogP contribution in [0, 0.1) is 6.92 Å². The number of para-hydroxylation sites is 1. The lowest BCUT2D eigenvalue weighted by Gasteiger charge is -2.32. The van der Waals surface area contributed by atoms with Crippen molar-refractivity contribution in [3.63, 3.8) is 0 Å². The zero-order valence-electron chi connectivity index (χ0n) is 18.7. The number of anilines is 1. The van der Waals surface area contributed by atoms with E-state index in [1.54, 1.807) is 18.1 Å². The number of rotatable bonds is 4. The molecule has 0 radical (unpaired) electrons. The van der Waals surface area contributed by atoms with E-state index in [0.29, 0.717) is 56.3 Å². The van der Waals surface area contributed by atoms with E-state index in [4.69, 9.17) is 15.2 Å². The maximum Gasteiger partial charge on any atom is 0.257 e. The molecule has 170 valence electrons. The summed E-state index contributed by atoms with van der Waals surface area (Å²) in [6, 6.07) is 9.31. The minimum absolute atomic E-state index is 0.0112. The molecule has 1 aromatic carbocycles. The minimum Gasteiger partial charge on any atom is -0.496 e. The highest BCUT2D eigenvalue weighted by Gasteiger charge is 2.28. The molecular formula is C24H30N4O4. The number of nitrogens with two attached hydrogens (primary N) is 1. The van der Waals surface area contributed by atoms with Gasteiger partial charge in [-0.2, -0.15) is 0 Å². The van der Waals surface area contributed by atoms with Crippen molar-refractivity contribution in [1.82, 2.24) is 14.8 Å². The number of piperidine rings is 1. The largest absolute Gasteiger partial charge is 0.496 e. The van der Waals surface area contributed by atoms with Crippen LogP contribution in [0.5, 0.6) is 5.75 Å². The van der Waals surface area contributed by atoms with Gasteiger partial charge in [-0.3, -0.25) is 9.59 Å². The van der Waals surface area contributed by atoms with Gasteiger partial charge in [-0.15, -0.1) is 0 Å². The van der Waals surface area contributed by atoms with E-state index >= 15 is 0 Å². The first kappa shape index (κ1) is 22.1. The third-order valence-electron chi connectivity index (χ3n) is 6.32. The van der Waals surface area contributed by atoms with E-state index < -0.39 is 0 Å². The Balaban J connectivity index is 1.41. The summed E-state index contributed by atoms with van der Waals surface area (Å²) in [7, 11) is 1.59. The molecule has 2 aliphatic rings. The highest BCUT2D eigenvalue weighted by molar-refractivity contribution is 5.98. The molecule has 2 amide bonds. The molecule has 0 spiro atoms. The molecule has 2 aromatic rings. The van der Waals surface area contributed by atoms with Crippen LogP contribution >= 0.6 is 0 Å². The lowest BCUT2D eigenvalue weighted by atomic mass is 9.92. The Morgan fingerprint density at radius 2 is 1.66 bits per heavy atom. The summed E-state index contributed by atoms with van der Waals surface area (Å²) < 4.78 is 10.8. The molecule has 8 heteroatoms. The molecule has 8 nitrogen and oxygen atoms in total. The van der Waals surface area contributed by atoms with Gasteiger partial charge < -0.3 is 25.0 Å². The number of likely N-dealkylation sites (tertiary alicyclic amines) is 1. The summed E-state index contributed by atoms with van der Waals surface area (Å²) >= 11 is 0. The Labute approximate surface area is 188 Å². The van der Waals surface area contributed by atoms with Crippen LogP contribution in [0.4, 0.5) is 5.82 Å². The average molecular weight is 439 g/mol. The van der Waals surface area contributed by atoms with E-state index in [1.807, 2.05) is 36.1 Å². The molecule has 3 heterocycles. The number of nitrogen functional groups attached to an aromatic ring is 1. The third-order valence-corrected chi connectivity index (χ3v) is 6.32. The second-order valence-corrected chi connectivity index (χ2v) is 8.30. The molecule has 32 heavy (non-hydrogen) atoms. The fourth-order valence-electron chi connectivity index (χ4n) is 4.48. The monoisotopic (exact) mass is 438 g/mol. The minimum atomic E-state index is -0.0997. The lowest BCUT2D eigenvalue weighted by molar-refractivity contribution is 0.0303. The highest BCUT2D eigenvalue weighted by atomic mass is 16.5. The van der Waals surface area contributed by atoms with Crippen LogP contribution in [0.3, 0.4) is 0 Å². The van der Waals surface area contributed by atoms with Crippen LogP contribution in [-0.4, -0.2) is 73.1 Å². The van der Waals surface area contributed by atoms with Crippen LogP contribution in [0.25, 0.3) is 0 Å². The molecular weight excluding hydrogens is 408 g/mol. The van der Waals surface area contributed by atoms with Crippen LogP contribution in [-0.2, 0) is 4.74 Å². The second-order valence-electron chi connectivity index (χ2n) is 8.30. The molecule has 0 saturated carbocycles. The van der Waals surface area contributed by atoms with Gasteiger partial charge in [0.15, 0.2) is 0 Å². The molecule has 2 fully saturated rings. The maximum absolute atomic E-state index is 13.1. The van der Waals surface area contributed by atoms with Crippen molar-refractivity contribution in [2.75, 3.05) is 52.2 Å². The first-order valence-corrected chi connectivity index (χ1v) is 11.1. The molecule has 2 saturated heterocycles. The molecule has 0 atom stereocenters. The Bertz CT molecular complexity index is 995. The highest BCUT2D eigenvalue weighted by Crippen LogP contribution is 2.31. The fourth-order valence-corrected chi connectivity index (χ4v) is 4.48. The van der Waals surface area contributed by atoms with Crippen molar-refractivity contribution in [2.45, 2.75) is 25.7 Å². The van der Waals surface area contributed by atoms with Crippen molar-refractivity contribution in [1.29, 1.82) is 0 Å². The van der Waals surface area contributed by atoms with Gasteiger partial charge in [-0.25, -0.2) is 4.98 Å². The number of hydrogen-bond donors (Lipinski definition) is 1. The normalized spacial score (nSPS) is 17.3. The number of pyridine rings is 1. The van der Waals surface area contributed by atoms with E-state index in [-0.39, 0.29) is 23.6 Å². The SMILES string of the molecule is COc1c(C)cccc1C(=O)N1CCC(c2ccc(C(=O)N3CCOCC3)c(N)n2)CC1.